The summed E-state index contributed by atoms with van der Waals surface area (Å²) in [6, 6.07) is 21.1. The second-order valence-electron chi connectivity index (χ2n) is 7.25. The topological polar surface area (TPSA) is 143 Å². The summed E-state index contributed by atoms with van der Waals surface area (Å²) < 4.78 is 7.12. The van der Waals surface area contributed by atoms with Gasteiger partial charge in [-0.3, -0.25) is 20.2 Å². The van der Waals surface area contributed by atoms with E-state index in [0.717, 1.165) is 5.52 Å². The maximum atomic E-state index is 11.0. The first-order chi connectivity index (χ1) is 16.5. The van der Waals surface area contributed by atoms with E-state index in [4.69, 9.17) is 4.52 Å². The fourth-order valence-corrected chi connectivity index (χ4v) is 3.42. The Kier molecular flexibility index (Phi) is 5.11. The van der Waals surface area contributed by atoms with Crippen molar-refractivity contribution >= 4 is 34.2 Å². The van der Waals surface area contributed by atoms with Gasteiger partial charge in [0.05, 0.1) is 21.1 Å². The maximum absolute atomic E-state index is 11.0. The van der Waals surface area contributed by atoms with Crippen molar-refractivity contribution in [1.82, 2.24) is 20.2 Å². The molecular formula is C23H14N6O5. The minimum atomic E-state index is -0.476. The molecule has 0 spiro atoms. The van der Waals surface area contributed by atoms with Crippen molar-refractivity contribution in [2.24, 2.45) is 0 Å². The molecule has 0 radical (unpaired) electrons. The first kappa shape index (κ1) is 20.7. The lowest BCUT2D eigenvalue weighted by atomic mass is 10.1. The van der Waals surface area contributed by atoms with Crippen molar-refractivity contribution in [3.63, 3.8) is 0 Å². The summed E-state index contributed by atoms with van der Waals surface area (Å²) in [6.45, 7) is 0. The van der Waals surface area contributed by atoms with Gasteiger partial charge in [0.25, 0.3) is 11.4 Å². The van der Waals surface area contributed by atoms with Crippen molar-refractivity contribution < 1.29 is 14.4 Å². The molecule has 0 bridgehead atoms. The van der Waals surface area contributed by atoms with Gasteiger partial charge < -0.3 is 4.52 Å². The van der Waals surface area contributed by atoms with Gasteiger partial charge in [0.2, 0.25) is 0 Å². The number of benzene rings is 3. The minimum absolute atomic E-state index is 0.0215. The van der Waals surface area contributed by atoms with E-state index in [2.05, 4.69) is 15.5 Å². The zero-order valence-electron chi connectivity index (χ0n) is 17.3. The molecule has 0 amide bonds. The highest BCUT2D eigenvalue weighted by molar-refractivity contribution is 5.87. The Morgan fingerprint density at radius 2 is 1.53 bits per heavy atom. The fourth-order valence-electron chi connectivity index (χ4n) is 3.42. The van der Waals surface area contributed by atoms with E-state index in [9.17, 15) is 20.2 Å². The molecule has 0 unspecified atom stereocenters. The predicted octanol–water partition coefficient (Wildman–Crippen LogP) is 4.95. The second kappa shape index (κ2) is 8.39. The minimum Gasteiger partial charge on any atom is -0.356 e. The molecule has 5 rings (SSSR count). The molecular weight excluding hydrogens is 440 g/mol. The van der Waals surface area contributed by atoms with E-state index in [1.807, 2.05) is 24.3 Å². The Hall–Kier alpha value is -5.19. The molecule has 0 atom stereocenters. The van der Waals surface area contributed by atoms with E-state index < -0.39 is 9.85 Å². The predicted molar refractivity (Wildman–Crippen MR) is 122 cm³/mol. The van der Waals surface area contributed by atoms with Gasteiger partial charge >= 0.3 is 0 Å². The Bertz CT molecular complexity index is 1550. The molecule has 0 saturated heterocycles. The van der Waals surface area contributed by atoms with Crippen LogP contribution in [-0.2, 0) is 0 Å². The summed E-state index contributed by atoms with van der Waals surface area (Å²) in [5.41, 5.74) is 3.61. The average molecular weight is 454 g/mol. The maximum Gasteiger partial charge on any atom is 0.269 e. The van der Waals surface area contributed by atoms with Crippen LogP contribution < -0.4 is 0 Å². The number of non-ortho nitro benzene ring substituents is 2. The lowest BCUT2D eigenvalue weighted by Gasteiger charge is -2.05. The Labute approximate surface area is 190 Å². The smallest absolute Gasteiger partial charge is 0.269 e. The van der Waals surface area contributed by atoms with E-state index >= 15 is 0 Å². The number of nitro benzene ring substituents is 2. The normalized spacial score (nSPS) is 11.6. The number of rotatable bonds is 6. The molecule has 0 fully saturated rings. The number of hydrogen-bond acceptors (Lipinski definition) is 8. The third-order valence-electron chi connectivity index (χ3n) is 5.12. The van der Waals surface area contributed by atoms with Gasteiger partial charge in [0.1, 0.15) is 11.2 Å². The van der Waals surface area contributed by atoms with Crippen molar-refractivity contribution in [3.8, 4) is 11.3 Å². The summed E-state index contributed by atoms with van der Waals surface area (Å²) in [7, 11) is 0. The highest BCUT2D eigenvalue weighted by atomic mass is 16.6. The quantitative estimate of drug-likeness (QED) is 0.259. The van der Waals surface area contributed by atoms with Crippen LogP contribution in [0.3, 0.4) is 0 Å². The van der Waals surface area contributed by atoms with Gasteiger partial charge in [-0.15, -0.1) is 5.10 Å². The molecule has 11 heteroatoms. The number of aromatic nitrogens is 4. The van der Waals surface area contributed by atoms with Gasteiger partial charge in [0, 0.05) is 35.9 Å². The SMILES string of the molecule is O=[N+]([O-])c1ccc(/C=C(/c2cc(-c3ccc([N+](=O)[O-])cc3)on2)n2nnc3ccccc32)cc1. The van der Waals surface area contributed by atoms with Crippen molar-refractivity contribution in [1.29, 1.82) is 0 Å². The molecule has 0 aliphatic heterocycles. The number of hydrogen-bond donors (Lipinski definition) is 0. The Morgan fingerprint density at radius 3 is 2.21 bits per heavy atom. The highest BCUT2D eigenvalue weighted by Gasteiger charge is 2.17. The lowest BCUT2D eigenvalue weighted by Crippen LogP contribution is -2.02. The van der Waals surface area contributed by atoms with Gasteiger partial charge in [-0.1, -0.05) is 22.5 Å². The number of nitrogens with zero attached hydrogens (tertiary/aromatic N) is 6. The Morgan fingerprint density at radius 1 is 0.882 bits per heavy atom. The first-order valence-electron chi connectivity index (χ1n) is 9.98. The van der Waals surface area contributed by atoms with Crippen LogP contribution in [0, 0.1) is 20.2 Å². The van der Waals surface area contributed by atoms with Gasteiger partial charge in [-0.2, -0.15) is 0 Å². The van der Waals surface area contributed by atoms with E-state index in [-0.39, 0.29) is 11.4 Å². The zero-order chi connectivity index (χ0) is 23.7. The molecule has 166 valence electrons. The van der Waals surface area contributed by atoms with E-state index in [1.165, 1.54) is 24.3 Å². The molecule has 2 aromatic heterocycles. The fraction of sp³-hybridized carbons (Fsp3) is 0. The van der Waals surface area contributed by atoms with Gasteiger partial charge in [-0.05, 0) is 48.0 Å². The molecule has 34 heavy (non-hydrogen) atoms. The van der Waals surface area contributed by atoms with E-state index in [1.54, 1.807) is 41.1 Å². The van der Waals surface area contributed by atoms with Crippen LogP contribution in [0.4, 0.5) is 11.4 Å². The van der Waals surface area contributed by atoms with Gasteiger partial charge in [0.15, 0.2) is 5.76 Å². The van der Waals surface area contributed by atoms with Crippen LogP contribution >= 0.6 is 0 Å². The van der Waals surface area contributed by atoms with Crippen LogP contribution in [0.25, 0.3) is 34.1 Å². The number of nitro groups is 2. The number of para-hydroxylation sites is 1. The van der Waals surface area contributed by atoms with Crippen LogP contribution in [0.1, 0.15) is 11.3 Å². The summed E-state index contributed by atoms with van der Waals surface area (Å²) in [4.78, 5) is 21.0. The van der Waals surface area contributed by atoms with Crippen molar-refractivity contribution in [3.05, 3.63) is 110 Å². The average Bonchev–Trinajstić information content (AvgIpc) is 3.51. The molecule has 3 aromatic carbocycles. The van der Waals surface area contributed by atoms with Crippen LogP contribution in [-0.4, -0.2) is 30.0 Å². The molecule has 5 aromatic rings. The molecule has 11 nitrogen and oxygen atoms in total. The first-order valence-corrected chi connectivity index (χ1v) is 9.98. The summed E-state index contributed by atoms with van der Waals surface area (Å²) in [6.07, 6.45) is 1.77. The third-order valence-corrected chi connectivity index (χ3v) is 5.12. The van der Waals surface area contributed by atoms with Crippen molar-refractivity contribution in [2.45, 2.75) is 0 Å². The second-order valence-corrected chi connectivity index (χ2v) is 7.25. The molecule has 0 aliphatic carbocycles. The molecule has 0 N–H and O–H groups in total. The highest BCUT2D eigenvalue weighted by Crippen LogP contribution is 2.29. The van der Waals surface area contributed by atoms with Gasteiger partial charge in [-0.25, -0.2) is 4.68 Å². The Balaban J connectivity index is 1.60. The summed E-state index contributed by atoms with van der Waals surface area (Å²) in [5.74, 6) is 0.406. The monoisotopic (exact) mass is 454 g/mol. The third kappa shape index (κ3) is 3.88. The zero-order valence-corrected chi connectivity index (χ0v) is 17.3. The summed E-state index contributed by atoms with van der Waals surface area (Å²) >= 11 is 0. The standard InChI is InChI=1S/C23H14N6O5/c30-28(31)17-9-5-15(6-10-17)13-22(27-21-4-2-1-3-19(21)24-26-27)20-14-23(34-25-20)16-7-11-18(12-8-16)29(32)33/h1-14H/b22-13-. The molecule has 0 aliphatic rings. The molecule has 0 saturated carbocycles. The van der Waals surface area contributed by atoms with Crippen LogP contribution in [0.5, 0.6) is 0 Å². The summed E-state index contributed by atoms with van der Waals surface area (Å²) in [5, 5.41) is 34.6. The van der Waals surface area contributed by atoms with E-state index in [0.29, 0.717) is 33.8 Å². The van der Waals surface area contributed by atoms with Crippen LogP contribution in [0.2, 0.25) is 0 Å². The lowest BCUT2D eigenvalue weighted by molar-refractivity contribution is -0.385. The number of fused-ring (bicyclic) bond motifs is 1. The van der Waals surface area contributed by atoms with Crippen LogP contribution in [0.15, 0.2) is 83.4 Å². The molecule has 2 heterocycles. The largest absolute Gasteiger partial charge is 0.356 e. The van der Waals surface area contributed by atoms with Crippen molar-refractivity contribution in [2.75, 3.05) is 0 Å².